The molecule has 0 aliphatic rings. The van der Waals surface area contributed by atoms with Crippen molar-refractivity contribution in [1.82, 2.24) is 9.97 Å². The van der Waals surface area contributed by atoms with Gasteiger partial charge in [0.05, 0.1) is 25.6 Å². The lowest BCUT2D eigenvalue weighted by molar-refractivity contribution is 0.396. The highest BCUT2D eigenvalue weighted by Crippen LogP contribution is 2.36. The third kappa shape index (κ3) is 4.94. The molecule has 5 heteroatoms. The van der Waals surface area contributed by atoms with Gasteiger partial charge in [0.2, 0.25) is 0 Å². The predicted molar refractivity (Wildman–Crippen MR) is 117 cm³/mol. The van der Waals surface area contributed by atoms with E-state index in [-0.39, 0.29) is 0 Å². The number of ether oxygens (including phenoxy) is 2. The number of nitrogens with zero attached hydrogens (tertiary/aromatic N) is 2. The summed E-state index contributed by atoms with van der Waals surface area (Å²) in [4.78, 5) is 9.72. The van der Waals surface area contributed by atoms with Crippen LogP contribution in [0, 0.1) is 0 Å². The standard InChI is InChI=1S/C23H35N3O2/c1-8-11-17(9-2)24-22-23(28-7)26-21(19(10-3)25-22)18-13-12-16(15(4)5)14-20(18)27-6/h12-15,17H,8-11H2,1-7H3,(H,24,25). The van der Waals surface area contributed by atoms with Crippen molar-refractivity contribution in [3.05, 3.63) is 29.5 Å². The first-order valence-electron chi connectivity index (χ1n) is 10.4. The van der Waals surface area contributed by atoms with Crippen LogP contribution in [0.5, 0.6) is 11.6 Å². The highest BCUT2D eigenvalue weighted by molar-refractivity contribution is 5.71. The highest BCUT2D eigenvalue weighted by atomic mass is 16.5. The maximum atomic E-state index is 5.68. The van der Waals surface area contributed by atoms with Gasteiger partial charge in [-0.15, -0.1) is 0 Å². The summed E-state index contributed by atoms with van der Waals surface area (Å²) in [7, 11) is 3.34. The van der Waals surface area contributed by atoms with Crippen molar-refractivity contribution in [2.24, 2.45) is 0 Å². The molecule has 1 heterocycles. The molecular formula is C23H35N3O2. The van der Waals surface area contributed by atoms with Gasteiger partial charge in [0.15, 0.2) is 5.82 Å². The summed E-state index contributed by atoms with van der Waals surface area (Å²) in [5, 5.41) is 3.53. The van der Waals surface area contributed by atoms with Crippen LogP contribution >= 0.6 is 0 Å². The van der Waals surface area contributed by atoms with Gasteiger partial charge < -0.3 is 14.8 Å². The topological polar surface area (TPSA) is 56.3 Å². The fourth-order valence-corrected chi connectivity index (χ4v) is 3.34. The van der Waals surface area contributed by atoms with Crippen LogP contribution in [0.25, 0.3) is 11.3 Å². The number of anilines is 1. The van der Waals surface area contributed by atoms with E-state index in [1.165, 1.54) is 5.56 Å². The lowest BCUT2D eigenvalue weighted by Gasteiger charge is -2.20. The van der Waals surface area contributed by atoms with E-state index in [1.54, 1.807) is 14.2 Å². The van der Waals surface area contributed by atoms with Gasteiger partial charge in [0, 0.05) is 11.6 Å². The van der Waals surface area contributed by atoms with Crippen molar-refractivity contribution < 1.29 is 9.47 Å². The lowest BCUT2D eigenvalue weighted by atomic mass is 9.98. The van der Waals surface area contributed by atoms with Crippen LogP contribution in [0.15, 0.2) is 18.2 Å². The zero-order valence-corrected chi connectivity index (χ0v) is 18.4. The zero-order chi connectivity index (χ0) is 20.7. The molecule has 0 bridgehead atoms. The number of methoxy groups -OCH3 is 2. The molecule has 28 heavy (non-hydrogen) atoms. The molecule has 1 unspecified atom stereocenters. The summed E-state index contributed by atoms with van der Waals surface area (Å²) in [6, 6.07) is 6.67. The minimum Gasteiger partial charge on any atom is -0.496 e. The fraction of sp³-hybridized carbons (Fsp3) is 0.565. The average molecular weight is 386 g/mol. The Morgan fingerprint density at radius 2 is 1.79 bits per heavy atom. The maximum absolute atomic E-state index is 5.68. The molecule has 1 N–H and O–H groups in total. The molecule has 0 saturated carbocycles. The van der Waals surface area contributed by atoms with Crippen molar-refractivity contribution in [1.29, 1.82) is 0 Å². The number of aromatic nitrogens is 2. The molecule has 154 valence electrons. The molecule has 1 atom stereocenters. The van der Waals surface area contributed by atoms with Crippen LogP contribution in [-0.4, -0.2) is 30.2 Å². The Balaban J connectivity index is 2.54. The van der Waals surface area contributed by atoms with Crippen LogP contribution in [0.2, 0.25) is 0 Å². The first-order chi connectivity index (χ1) is 13.5. The van der Waals surface area contributed by atoms with Crippen LogP contribution < -0.4 is 14.8 Å². The van der Waals surface area contributed by atoms with E-state index in [0.29, 0.717) is 17.8 Å². The van der Waals surface area contributed by atoms with Crippen molar-refractivity contribution in [3.8, 4) is 22.9 Å². The van der Waals surface area contributed by atoms with Gasteiger partial charge in [0.1, 0.15) is 5.75 Å². The van der Waals surface area contributed by atoms with Gasteiger partial charge in [-0.3, -0.25) is 0 Å². The van der Waals surface area contributed by atoms with Crippen LogP contribution in [0.1, 0.15) is 71.1 Å². The number of nitrogens with one attached hydrogen (secondary N) is 1. The summed E-state index contributed by atoms with van der Waals surface area (Å²) in [5.41, 5.74) is 3.94. The highest BCUT2D eigenvalue weighted by Gasteiger charge is 2.20. The number of rotatable bonds is 10. The Morgan fingerprint density at radius 3 is 2.32 bits per heavy atom. The predicted octanol–water partition coefficient (Wildman–Crippen LogP) is 5.84. The van der Waals surface area contributed by atoms with Gasteiger partial charge in [-0.2, -0.15) is 0 Å². The lowest BCUT2D eigenvalue weighted by Crippen LogP contribution is -2.20. The summed E-state index contributed by atoms with van der Waals surface area (Å²) >= 11 is 0. The first-order valence-corrected chi connectivity index (χ1v) is 10.4. The Bertz CT molecular complexity index is 775. The Kier molecular flexibility index (Phi) is 8.09. The zero-order valence-electron chi connectivity index (χ0n) is 18.4. The van der Waals surface area contributed by atoms with E-state index in [1.807, 2.05) is 0 Å². The molecule has 0 aliphatic carbocycles. The molecular weight excluding hydrogens is 350 g/mol. The van der Waals surface area contributed by atoms with Gasteiger partial charge >= 0.3 is 0 Å². The monoisotopic (exact) mass is 385 g/mol. The minimum absolute atomic E-state index is 0.364. The number of hydrogen-bond acceptors (Lipinski definition) is 5. The second kappa shape index (κ2) is 10.3. The molecule has 1 aromatic heterocycles. The Labute approximate surface area is 169 Å². The van der Waals surface area contributed by atoms with Crippen LogP contribution in [-0.2, 0) is 6.42 Å². The number of aryl methyl sites for hydroxylation is 1. The quantitative estimate of drug-likeness (QED) is 0.557. The third-order valence-electron chi connectivity index (χ3n) is 5.08. The molecule has 0 saturated heterocycles. The molecule has 0 fully saturated rings. The summed E-state index contributed by atoms with van der Waals surface area (Å²) in [6.07, 6.45) is 4.03. The summed E-state index contributed by atoms with van der Waals surface area (Å²) in [5.74, 6) is 2.50. The number of hydrogen-bond donors (Lipinski definition) is 1. The van der Waals surface area contributed by atoms with Gasteiger partial charge in [-0.25, -0.2) is 9.97 Å². The summed E-state index contributed by atoms with van der Waals surface area (Å²) in [6.45, 7) is 10.8. The minimum atomic E-state index is 0.364. The SMILES string of the molecule is CCCC(CC)Nc1nc(CC)c(-c2ccc(C(C)C)cc2OC)nc1OC. The smallest absolute Gasteiger partial charge is 0.257 e. The normalized spacial score (nSPS) is 12.1. The van der Waals surface area contributed by atoms with E-state index < -0.39 is 0 Å². The third-order valence-corrected chi connectivity index (χ3v) is 5.08. The first kappa shape index (κ1) is 22.0. The average Bonchev–Trinajstić information content (AvgIpc) is 2.72. The second-order valence-electron chi connectivity index (χ2n) is 7.38. The molecule has 1 aromatic carbocycles. The van der Waals surface area contributed by atoms with Gasteiger partial charge in [-0.05, 0) is 42.9 Å². The Morgan fingerprint density at radius 1 is 1.04 bits per heavy atom. The molecule has 5 nitrogen and oxygen atoms in total. The van der Waals surface area contributed by atoms with E-state index in [4.69, 9.17) is 19.4 Å². The van der Waals surface area contributed by atoms with E-state index >= 15 is 0 Å². The largest absolute Gasteiger partial charge is 0.496 e. The van der Waals surface area contributed by atoms with Crippen LogP contribution in [0.3, 0.4) is 0 Å². The molecule has 2 aromatic rings. The molecule has 0 radical (unpaired) electrons. The van der Waals surface area contributed by atoms with Crippen molar-refractivity contribution in [2.45, 2.75) is 72.3 Å². The Hall–Kier alpha value is -2.30. The van der Waals surface area contributed by atoms with Crippen LogP contribution in [0.4, 0.5) is 5.82 Å². The van der Waals surface area contributed by atoms with E-state index in [9.17, 15) is 0 Å². The van der Waals surface area contributed by atoms with Gasteiger partial charge in [0.25, 0.3) is 5.88 Å². The molecule has 0 spiro atoms. The van der Waals surface area contributed by atoms with Crippen molar-refractivity contribution in [2.75, 3.05) is 19.5 Å². The molecule has 0 amide bonds. The van der Waals surface area contributed by atoms with Gasteiger partial charge in [-0.1, -0.05) is 47.1 Å². The maximum Gasteiger partial charge on any atom is 0.257 e. The van der Waals surface area contributed by atoms with Crippen molar-refractivity contribution in [3.63, 3.8) is 0 Å². The van der Waals surface area contributed by atoms with E-state index in [0.717, 1.165) is 54.2 Å². The molecule has 2 rings (SSSR count). The summed E-state index contributed by atoms with van der Waals surface area (Å²) < 4.78 is 11.3. The second-order valence-corrected chi connectivity index (χ2v) is 7.38. The number of benzene rings is 1. The molecule has 0 aliphatic heterocycles. The van der Waals surface area contributed by atoms with Crippen molar-refractivity contribution >= 4 is 5.82 Å². The van der Waals surface area contributed by atoms with E-state index in [2.05, 4.69) is 58.1 Å². The fourth-order valence-electron chi connectivity index (χ4n) is 3.34.